The van der Waals surface area contributed by atoms with Gasteiger partial charge in [-0.2, -0.15) is 13.2 Å². The van der Waals surface area contributed by atoms with Crippen molar-refractivity contribution in [2.24, 2.45) is 0 Å². The van der Waals surface area contributed by atoms with Crippen LogP contribution in [0, 0.1) is 5.82 Å². The topological polar surface area (TPSA) is 35.5 Å². The molecule has 0 heterocycles. The van der Waals surface area contributed by atoms with Crippen LogP contribution in [-0.4, -0.2) is 5.97 Å². The number of esters is 1. The van der Waals surface area contributed by atoms with Crippen LogP contribution in [0.3, 0.4) is 0 Å². The van der Waals surface area contributed by atoms with Gasteiger partial charge in [0.2, 0.25) is 0 Å². The number of ether oxygens (including phenoxy) is 2. The fourth-order valence-electron chi connectivity index (χ4n) is 2.61. The third-order valence-electron chi connectivity index (χ3n) is 3.83. The number of halogens is 4. The Hall–Kier alpha value is -3.09. The fraction of sp³-hybridized carbons (Fsp3) is 0.150. The number of hydrogen-bond acceptors (Lipinski definition) is 3. The van der Waals surface area contributed by atoms with Gasteiger partial charge < -0.3 is 9.47 Å². The maximum atomic E-state index is 14.2. The van der Waals surface area contributed by atoms with E-state index in [0.29, 0.717) is 10.9 Å². The Morgan fingerprint density at radius 3 is 2.22 bits per heavy atom. The first kappa shape index (κ1) is 18.7. The van der Waals surface area contributed by atoms with Crippen molar-refractivity contribution in [3.05, 3.63) is 71.5 Å². The molecule has 27 heavy (non-hydrogen) atoms. The highest BCUT2D eigenvalue weighted by molar-refractivity contribution is 5.92. The van der Waals surface area contributed by atoms with Crippen LogP contribution in [0.15, 0.2) is 54.6 Å². The second kappa shape index (κ2) is 7.26. The minimum absolute atomic E-state index is 0.0813. The summed E-state index contributed by atoms with van der Waals surface area (Å²) in [6.07, 6.45) is -4.42. The van der Waals surface area contributed by atoms with E-state index in [0.717, 1.165) is 18.2 Å². The second-order valence-electron chi connectivity index (χ2n) is 5.81. The van der Waals surface area contributed by atoms with Crippen LogP contribution in [0.5, 0.6) is 11.5 Å². The standard InChI is InChI=1S/C20H14F4O3/c1-12(25)27-18-10-17(21)15-4-2-3-5-16(15)19(18)26-11-13-6-8-14(9-7-13)20(22,23)24/h2-10H,11H2,1H3. The van der Waals surface area contributed by atoms with Crippen LogP contribution >= 0.6 is 0 Å². The number of fused-ring (bicyclic) bond motifs is 1. The van der Waals surface area contributed by atoms with Gasteiger partial charge in [-0.05, 0) is 17.7 Å². The van der Waals surface area contributed by atoms with Crippen molar-refractivity contribution in [3.63, 3.8) is 0 Å². The molecule has 0 atom stereocenters. The van der Waals surface area contributed by atoms with Gasteiger partial charge in [0, 0.05) is 23.8 Å². The third kappa shape index (κ3) is 4.19. The lowest BCUT2D eigenvalue weighted by atomic mass is 10.1. The average molecular weight is 378 g/mol. The van der Waals surface area contributed by atoms with Crippen LogP contribution in [0.25, 0.3) is 10.8 Å². The van der Waals surface area contributed by atoms with Gasteiger partial charge in [-0.3, -0.25) is 4.79 Å². The average Bonchev–Trinajstić information content (AvgIpc) is 2.60. The lowest BCUT2D eigenvalue weighted by Gasteiger charge is -2.15. The van der Waals surface area contributed by atoms with Crippen molar-refractivity contribution in [1.29, 1.82) is 0 Å². The molecular formula is C20H14F4O3. The molecule has 3 aromatic carbocycles. The normalized spacial score (nSPS) is 11.4. The molecule has 0 saturated carbocycles. The minimum Gasteiger partial charge on any atom is -0.484 e. The van der Waals surface area contributed by atoms with E-state index in [1.807, 2.05) is 0 Å². The molecule has 0 amide bonds. The van der Waals surface area contributed by atoms with Crippen molar-refractivity contribution < 1.29 is 31.8 Å². The highest BCUT2D eigenvalue weighted by atomic mass is 19.4. The molecule has 0 radical (unpaired) electrons. The molecule has 0 spiro atoms. The minimum atomic E-state index is -4.42. The molecule has 0 N–H and O–H groups in total. The maximum Gasteiger partial charge on any atom is 0.416 e. The van der Waals surface area contributed by atoms with Crippen LogP contribution < -0.4 is 9.47 Å². The van der Waals surface area contributed by atoms with Gasteiger partial charge in [0.1, 0.15) is 12.4 Å². The zero-order valence-corrected chi connectivity index (χ0v) is 14.1. The smallest absolute Gasteiger partial charge is 0.416 e. The predicted molar refractivity (Wildman–Crippen MR) is 91.0 cm³/mol. The van der Waals surface area contributed by atoms with Gasteiger partial charge in [0.15, 0.2) is 11.5 Å². The number of hydrogen-bond donors (Lipinski definition) is 0. The van der Waals surface area contributed by atoms with Crippen molar-refractivity contribution in [1.82, 2.24) is 0 Å². The molecule has 3 aromatic rings. The van der Waals surface area contributed by atoms with Crippen molar-refractivity contribution in [2.75, 3.05) is 0 Å². The number of carbonyl (C=O) groups is 1. The molecule has 0 bridgehead atoms. The molecule has 0 unspecified atom stereocenters. The summed E-state index contributed by atoms with van der Waals surface area (Å²) in [5.41, 5.74) is -0.288. The van der Waals surface area contributed by atoms with Crippen LogP contribution in [-0.2, 0) is 17.6 Å². The summed E-state index contributed by atoms with van der Waals surface area (Å²) >= 11 is 0. The Kier molecular flexibility index (Phi) is 5.03. The molecule has 0 aliphatic rings. The van der Waals surface area contributed by atoms with E-state index in [-0.39, 0.29) is 23.5 Å². The first-order chi connectivity index (χ1) is 12.8. The largest absolute Gasteiger partial charge is 0.484 e. The third-order valence-corrected chi connectivity index (χ3v) is 3.83. The van der Waals surface area contributed by atoms with E-state index in [2.05, 4.69) is 0 Å². The van der Waals surface area contributed by atoms with Crippen molar-refractivity contribution in [2.45, 2.75) is 19.7 Å². The summed E-state index contributed by atoms with van der Waals surface area (Å²) in [4.78, 5) is 11.3. The van der Waals surface area contributed by atoms with E-state index in [4.69, 9.17) is 9.47 Å². The SMILES string of the molecule is CC(=O)Oc1cc(F)c2ccccc2c1OCc1ccc(C(F)(F)F)cc1. The summed E-state index contributed by atoms with van der Waals surface area (Å²) in [5.74, 6) is -1.18. The Morgan fingerprint density at radius 1 is 1.00 bits per heavy atom. The van der Waals surface area contributed by atoms with Gasteiger partial charge in [-0.25, -0.2) is 4.39 Å². The molecule has 0 aromatic heterocycles. The Morgan fingerprint density at radius 2 is 1.63 bits per heavy atom. The van der Waals surface area contributed by atoms with E-state index < -0.39 is 23.5 Å². The molecule has 7 heteroatoms. The summed E-state index contributed by atoms with van der Waals surface area (Å²) in [6.45, 7) is 1.09. The molecule has 3 rings (SSSR count). The second-order valence-corrected chi connectivity index (χ2v) is 5.81. The lowest BCUT2D eigenvalue weighted by molar-refractivity contribution is -0.137. The van der Waals surface area contributed by atoms with Gasteiger partial charge in [-0.1, -0.05) is 36.4 Å². The van der Waals surface area contributed by atoms with Crippen LogP contribution in [0.4, 0.5) is 17.6 Å². The Balaban J connectivity index is 1.93. The van der Waals surface area contributed by atoms with Gasteiger partial charge in [0.25, 0.3) is 0 Å². The molecule has 0 aliphatic heterocycles. The van der Waals surface area contributed by atoms with Crippen LogP contribution in [0.2, 0.25) is 0 Å². The predicted octanol–water partition coefficient (Wildman–Crippen LogP) is 5.50. The molecule has 0 saturated heterocycles. The highest BCUT2D eigenvalue weighted by Crippen LogP contribution is 2.38. The summed E-state index contributed by atoms with van der Waals surface area (Å²) in [6, 6.07) is 12.0. The van der Waals surface area contributed by atoms with Gasteiger partial charge in [0.05, 0.1) is 5.56 Å². The van der Waals surface area contributed by atoms with E-state index >= 15 is 0 Å². The summed E-state index contributed by atoms with van der Waals surface area (Å²) in [7, 11) is 0. The number of carbonyl (C=O) groups excluding carboxylic acids is 1. The highest BCUT2D eigenvalue weighted by Gasteiger charge is 2.30. The van der Waals surface area contributed by atoms with E-state index in [9.17, 15) is 22.4 Å². The molecule has 0 fully saturated rings. The summed E-state index contributed by atoms with van der Waals surface area (Å²) in [5, 5.41) is 0.663. The fourth-order valence-corrected chi connectivity index (χ4v) is 2.61. The number of alkyl halides is 3. The first-order valence-corrected chi connectivity index (χ1v) is 7.94. The lowest BCUT2D eigenvalue weighted by Crippen LogP contribution is -2.07. The van der Waals surface area contributed by atoms with Gasteiger partial charge in [-0.15, -0.1) is 0 Å². The molecule has 3 nitrogen and oxygen atoms in total. The monoisotopic (exact) mass is 378 g/mol. The molecule has 0 aliphatic carbocycles. The Labute approximate surface area is 152 Å². The van der Waals surface area contributed by atoms with E-state index in [1.54, 1.807) is 24.3 Å². The summed E-state index contributed by atoms with van der Waals surface area (Å²) < 4.78 is 62.9. The quantitative estimate of drug-likeness (QED) is 0.342. The number of benzene rings is 3. The Bertz CT molecular complexity index is 979. The maximum absolute atomic E-state index is 14.2. The van der Waals surface area contributed by atoms with Gasteiger partial charge >= 0.3 is 12.1 Å². The zero-order chi connectivity index (χ0) is 19.6. The first-order valence-electron chi connectivity index (χ1n) is 7.94. The van der Waals surface area contributed by atoms with Crippen LogP contribution in [0.1, 0.15) is 18.1 Å². The van der Waals surface area contributed by atoms with Crippen molar-refractivity contribution in [3.8, 4) is 11.5 Å². The zero-order valence-electron chi connectivity index (χ0n) is 14.1. The molecule has 140 valence electrons. The van der Waals surface area contributed by atoms with E-state index in [1.165, 1.54) is 19.1 Å². The van der Waals surface area contributed by atoms with Crippen molar-refractivity contribution >= 4 is 16.7 Å². The molecular weight excluding hydrogens is 364 g/mol. The number of rotatable bonds is 4.